The zero-order chi connectivity index (χ0) is 14.5. The molecular formula is C16H20N4O. The maximum Gasteiger partial charge on any atom is 0.268 e. The molecule has 3 rings (SSSR count). The number of carbonyl (C=O) groups excluding carboxylic acids is 1. The number of amides is 1. The second-order valence-electron chi connectivity index (χ2n) is 5.32. The maximum atomic E-state index is 12.4. The summed E-state index contributed by atoms with van der Waals surface area (Å²) in [5.41, 5.74) is 1.80. The minimum Gasteiger partial charge on any atom is -0.347 e. The minimum atomic E-state index is -0.0182. The molecule has 0 spiro atoms. The summed E-state index contributed by atoms with van der Waals surface area (Å²) >= 11 is 0. The Morgan fingerprint density at radius 1 is 1.29 bits per heavy atom. The second-order valence-corrected chi connectivity index (χ2v) is 5.32. The first kappa shape index (κ1) is 13.8. The lowest BCUT2D eigenvalue weighted by atomic mass is 10.1. The van der Waals surface area contributed by atoms with Crippen molar-refractivity contribution in [2.75, 3.05) is 13.1 Å². The summed E-state index contributed by atoms with van der Waals surface area (Å²) in [6.07, 6.45) is 7.62. The van der Waals surface area contributed by atoms with Gasteiger partial charge in [-0.1, -0.05) is 0 Å². The average Bonchev–Trinajstić information content (AvgIpc) is 3.04. The molecule has 5 nitrogen and oxygen atoms in total. The van der Waals surface area contributed by atoms with E-state index in [-0.39, 0.29) is 5.91 Å². The van der Waals surface area contributed by atoms with Crippen LogP contribution in [0.4, 0.5) is 0 Å². The number of pyridine rings is 1. The number of carbonyl (C=O) groups is 1. The maximum absolute atomic E-state index is 12.4. The lowest BCUT2D eigenvalue weighted by molar-refractivity contribution is 0.0938. The van der Waals surface area contributed by atoms with Gasteiger partial charge in [0.1, 0.15) is 5.69 Å². The highest BCUT2D eigenvalue weighted by atomic mass is 16.1. The molecular weight excluding hydrogens is 264 g/mol. The molecule has 2 N–H and O–H groups in total. The van der Waals surface area contributed by atoms with E-state index in [0.717, 1.165) is 37.2 Å². The fourth-order valence-corrected chi connectivity index (χ4v) is 2.76. The Labute approximate surface area is 124 Å². The van der Waals surface area contributed by atoms with Crippen LogP contribution in [0.5, 0.6) is 0 Å². The Bertz CT molecular complexity index is 587. The average molecular weight is 284 g/mol. The highest BCUT2D eigenvalue weighted by Gasteiger charge is 2.19. The summed E-state index contributed by atoms with van der Waals surface area (Å²) in [5.74, 6) is -0.0182. The minimum absolute atomic E-state index is 0.0182. The Balaban J connectivity index is 1.66. The molecule has 0 radical (unpaired) electrons. The number of nitrogens with zero attached hydrogens (tertiary/aromatic N) is 2. The van der Waals surface area contributed by atoms with Crippen molar-refractivity contribution in [1.29, 1.82) is 0 Å². The molecule has 0 unspecified atom stereocenters. The third kappa shape index (κ3) is 3.31. The van der Waals surface area contributed by atoms with Crippen molar-refractivity contribution in [1.82, 2.24) is 20.2 Å². The van der Waals surface area contributed by atoms with E-state index in [1.807, 2.05) is 30.5 Å². The zero-order valence-electron chi connectivity index (χ0n) is 12.0. The Hall–Kier alpha value is -2.14. The normalized spacial score (nSPS) is 15.8. The lowest BCUT2D eigenvalue weighted by Crippen LogP contribution is -2.32. The van der Waals surface area contributed by atoms with Crippen molar-refractivity contribution >= 4 is 5.91 Å². The van der Waals surface area contributed by atoms with E-state index < -0.39 is 0 Å². The van der Waals surface area contributed by atoms with Crippen molar-refractivity contribution in [3.63, 3.8) is 0 Å². The molecule has 0 aliphatic carbocycles. The van der Waals surface area contributed by atoms with Crippen molar-refractivity contribution in [2.45, 2.75) is 25.4 Å². The fourth-order valence-electron chi connectivity index (χ4n) is 2.76. The van der Waals surface area contributed by atoms with E-state index in [4.69, 9.17) is 0 Å². The van der Waals surface area contributed by atoms with Crippen LogP contribution in [-0.2, 0) is 6.54 Å². The van der Waals surface area contributed by atoms with Gasteiger partial charge in [0.05, 0.1) is 0 Å². The van der Waals surface area contributed by atoms with Crippen LogP contribution in [0.1, 0.15) is 34.9 Å². The first-order valence-corrected chi connectivity index (χ1v) is 7.39. The summed E-state index contributed by atoms with van der Waals surface area (Å²) in [5, 5.41) is 6.33. The Morgan fingerprint density at radius 3 is 2.81 bits per heavy atom. The van der Waals surface area contributed by atoms with E-state index in [1.54, 1.807) is 12.4 Å². The van der Waals surface area contributed by atoms with Crippen molar-refractivity contribution in [3.8, 4) is 0 Å². The molecule has 5 heteroatoms. The SMILES string of the molecule is O=C(NCc1ccncc1)c1cccn1C1CCNCC1. The van der Waals surface area contributed by atoms with E-state index in [2.05, 4.69) is 20.2 Å². The molecule has 21 heavy (non-hydrogen) atoms. The predicted molar refractivity (Wildman–Crippen MR) is 81.0 cm³/mol. The summed E-state index contributed by atoms with van der Waals surface area (Å²) in [6, 6.07) is 8.08. The number of nitrogens with one attached hydrogen (secondary N) is 2. The number of piperidine rings is 1. The largest absolute Gasteiger partial charge is 0.347 e. The van der Waals surface area contributed by atoms with E-state index in [0.29, 0.717) is 12.6 Å². The first-order valence-electron chi connectivity index (χ1n) is 7.39. The topological polar surface area (TPSA) is 59.0 Å². The van der Waals surface area contributed by atoms with Crippen molar-refractivity contribution in [3.05, 3.63) is 54.1 Å². The zero-order valence-corrected chi connectivity index (χ0v) is 12.0. The van der Waals surface area contributed by atoms with Gasteiger partial charge in [0, 0.05) is 31.2 Å². The van der Waals surface area contributed by atoms with Gasteiger partial charge in [-0.25, -0.2) is 0 Å². The first-order chi connectivity index (χ1) is 10.3. The summed E-state index contributed by atoms with van der Waals surface area (Å²) in [6.45, 7) is 2.56. The number of hydrogen-bond donors (Lipinski definition) is 2. The molecule has 1 amide bonds. The van der Waals surface area contributed by atoms with E-state index in [9.17, 15) is 4.79 Å². The molecule has 110 valence electrons. The standard InChI is InChI=1S/C16H20N4O/c21-16(19-12-13-3-7-17-8-4-13)15-2-1-11-20(15)14-5-9-18-10-6-14/h1-4,7-8,11,14,18H,5-6,9-10,12H2,(H,19,21). The molecule has 1 aliphatic rings. The number of rotatable bonds is 4. The predicted octanol–water partition coefficient (Wildman–Crippen LogP) is 1.74. The highest BCUT2D eigenvalue weighted by Crippen LogP contribution is 2.21. The molecule has 1 saturated heterocycles. The summed E-state index contributed by atoms with van der Waals surface area (Å²) in [4.78, 5) is 16.4. The van der Waals surface area contributed by atoms with Crippen LogP contribution in [0.15, 0.2) is 42.9 Å². The van der Waals surface area contributed by atoms with Crippen LogP contribution in [0.25, 0.3) is 0 Å². The van der Waals surface area contributed by atoms with Gasteiger partial charge in [-0.2, -0.15) is 0 Å². The molecule has 1 fully saturated rings. The second kappa shape index (κ2) is 6.54. The molecule has 1 aliphatic heterocycles. The Morgan fingerprint density at radius 2 is 2.05 bits per heavy atom. The highest BCUT2D eigenvalue weighted by molar-refractivity contribution is 5.92. The molecule has 0 saturated carbocycles. The van der Waals surface area contributed by atoms with Crippen LogP contribution in [0.2, 0.25) is 0 Å². The monoisotopic (exact) mass is 284 g/mol. The van der Waals surface area contributed by atoms with Gasteiger partial charge >= 0.3 is 0 Å². The molecule has 2 aromatic rings. The van der Waals surface area contributed by atoms with Gasteiger partial charge in [0.2, 0.25) is 0 Å². The van der Waals surface area contributed by atoms with Gasteiger partial charge in [-0.15, -0.1) is 0 Å². The third-order valence-electron chi connectivity index (χ3n) is 3.92. The van der Waals surface area contributed by atoms with Crippen LogP contribution in [-0.4, -0.2) is 28.5 Å². The van der Waals surface area contributed by atoms with Crippen LogP contribution < -0.4 is 10.6 Å². The number of hydrogen-bond acceptors (Lipinski definition) is 3. The van der Waals surface area contributed by atoms with Crippen LogP contribution >= 0.6 is 0 Å². The molecule has 0 atom stereocenters. The smallest absolute Gasteiger partial charge is 0.268 e. The van der Waals surface area contributed by atoms with E-state index >= 15 is 0 Å². The van der Waals surface area contributed by atoms with Gasteiger partial charge in [0.25, 0.3) is 5.91 Å². The van der Waals surface area contributed by atoms with Crippen molar-refractivity contribution < 1.29 is 4.79 Å². The van der Waals surface area contributed by atoms with Gasteiger partial charge in [-0.3, -0.25) is 9.78 Å². The summed E-state index contributed by atoms with van der Waals surface area (Å²) < 4.78 is 2.11. The molecule has 2 aromatic heterocycles. The van der Waals surface area contributed by atoms with Gasteiger partial charge in [-0.05, 0) is 55.8 Å². The van der Waals surface area contributed by atoms with Crippen LogP contribution in [0, 0.1) is 0 Å². The summed E-state index contributed by atoms with van der Waals surface area (Å²) in [7, 11) is 0. The number of aromatic nitrogens is 2. The van der Waals surface area contributed by atoms with E-state index in [1.165, 1.54) is 0 Å². The molecule has 0 bridgehead atoms. The third-order valence-corrected chi connectivity index (χ3v) is 3.92. The van der Waals surface area contributed by atoms with Gasteiger partial charge in [0.15, 0.2) is 0 Å². The Kier molecular flexibility index (Phi) is 4.31. The lowest BCUT2D eigenvalue weighted by Gasteiger charge is -2.25. The molecule has 0 aromatic carbocycles. The molecule has 3 heterocycles. The fraction of sp³-hybridized carbons (Fsp3) is 0.375. The van der Waals surface area contributed by atoms with Crippen molar-refractivity contribution in [2.24, 2.45) is 0 Å². The van der Waals surface area contributed by atoms with Gasteiger partial charge < -0.3 is 15.2 Å². The quantitative estimate of drug-likeness (QED) is 0.899. The van der Waals surface area contributed by atoms with Crippen LogP contribution in [0.3, 0.4) is 0 Å².